The summed E-state index contributed by atoms with van der Waals surface area (Å²) >= 11 is 0. The molecule has 2 aliphatic rings. The summed E-state index contributed by atoms with van der Waals surface area (Å²) in [4.78, 5) is 24.5. The first kappa shape index (κ1) is 21.3. The van der Waals surface area contributed by atoms with Crippen molar-refractivity contribution in [2.75, 3.05) is 13.1 Å². The van der Waals surface area contributed by atoms with E-state index in [1.165, 1.54) is 13.3 Å². The predicted octanol–water partition coefficient (Wildman–Crippen LogP) is 1.85. The van der Waals surface area contributed by atoms with Crippen molar-refractivity contribution in [2.45, 2.75) is 20.0 Å². The molecule has 2 aliphatic heterocycles. The number of hydrazone groups is 1. The van der Waals surface area contributed by atoms with Crippen molar-refractivity contribution in [1.29, 1.82) is 0 Å². The molecule has 1 amide bonds. The maximum absolute atomic E-state index is 14.2. The van der Waals surface area contributed by atoms with Crippen LogP contribution in [0.25, 0.3) is 0 Å². The first-order valence-electron chi connectivity index (χ1n) is 8.84. The number of aromatic nitrogens is 2. The van der Waals surface area contributed by atoms with Gasteiger partial charge in [-0.1, -0.05) is 13.8 Å². The fourth-order valence-corrected chi connectivity index (χ4v) is 2.59. The minimum atomic E-state index is -4.82. The molecule has 2 N–H and O–H groups in total. The molecular weight excluding hydrogens is 408 g/mol. The second-order valence-corrected chi connectivity index (χ2v) is 6.89. The van der Waals surface area contributed by atoms with Crippen LogP contribution in [-0.4, -0.2) is 52.5 Å². The molecule has 0 saturated heterocycles. The number of hydrogen-bond donors (Lipinski definition) is 2. The zero-order chi connectivity index (χ0) is 22.1. The molecule has 13 heteroatoms. The summed E-state index contributed by atoms with van der Waals surface area (Å²) in [6.45, 7) is 3.74. The molecule has 1 aromatic heterocycles. The van der Waals surface area contributed by atoms with E-state index in [0.717, 1.165) is 10.9 Å². The maximum Gasteiger partial charge on any atom is 0.435 e. The Hall–Kier alpha value is -3.38. The van der Waals surface area contributed by atoms with Gasteiger partial charge in [0.25, 0.3) is 5.91 Å². The molecule has 0 fully saturated rings. The van der Waals surface area contributed by atoms with Crippen LogP contribution in [0.5, 0.6) is 0 Å². The third-order valence-electron chi connectivity index (χ3n) is 3.88. The highest BCUT2D eigenvalue weighted by Crippen LogP contribution is 2.30. The number of amides is 1. The highest BCUT2D eigenvalue weighted by atomic mass is 19.4. The fourth-order valence-electron chi connectivity index (χ4n) is 2.59. The number of rotatable bonds is 3. The highest BCUT2D eigenvalue weighted by molar-refractivity contribution is 6.49. The van der Waals surface area contributed by atoms with E-state index in [-0.39, 0.29) is 42.1 Å². The minimum absolute atomic E-state index is 0.0290. The molecule has 0 bridgehead atoms. The number of halogens is 4. The van der Waals surface area contributed by atoms with Crippen molar-refractivity contribution in [1.82, 2.24) is 20.5 Å². The lowest BCUT2D eigenvalue weighted by atomic mass is 10.1. The van der Waals surface area contributed by atoms with Gasteiger partial charge in [-0.15, -0.1) is 0 Å². The number of hydrogen-bond acceptors (Lipinski definition) is 5. The topological polar surface area (TPSA) is 108 Å². The van der Waals surface area contributed by atoms with E-state index in [9.17, 15) is 22.4 Å². The Morgan fingerprint density at radius 2 is 2.13 bits per heavy atom. The molecule has 0 aromatic carbocycles. The molecule has 0 spiro atoms. The van der Waals surface area contributed by atoms with E-state index >= 15 is 0 Å². The maximum atomic E-state index is 14.2. The van der Waals surface area contributed by atoms with Gasteiger partial charge >= 0.3 is 6.18 Å². The van der Waals surface area contributed by atoms with E-state index in [2.05, 4.69) is 35.9 Å². The van der Waals surface area contributed by atoms with Crippen LogP contribution in [0.4, 0.5) is 17.6 Å². The normalized spacial score (nSPS) is 18.1. The molecule has 160 valence electrons. The smallest absolute Gasteiger partial charge is 0.291 e. The van der Waals surface area contributed by atoms with Gasteiger partial charge in [0.15, 0.2) is 11.5 Å². The SMILES string of the molecule is CC(C)CN=C(N=C1NN=C2C=NCC(F)=C21)NC(=O)c1cn(C)nc1C(F)(F)F. The lowest BCUT2D eigenvalue weighted by Gasteiger charge is -2.10. The number of alkyl halides is 3. The summed E-state index contributed by atoms with van der Waals surface area (Å²) < 4.78 is 54.6. The average molecular weight is 426 g/mol. The number of dihydropyridines is 1. The number of nitrogens with one attached hydrogen (secondary N) is 2. The summed E-state index contributed by atoms with van der Waals surface area (Å²) in [5.74, 6) is -1.92. The highest BCUT2D eigenvalue weighted by Gasteiger charge is 2.39. The van der Waals surface area contributed by atoms with E-state index in [1.54, 1.807) is 0 Å². The molecule has 0 unspecified atom stereocenters. The molecule has 3 rings (SSSR count). The van der Waals surface area contributed by atoms with Gasteiger partial charge < -0.3 is 0 Å². The average Bonchev–Trinajstić information content (AvgIpc) is 3.24. The molecule has 30 heavy (non-hydrogen) atoms. The van der Waals surface area contributed by atoms with Crippen LogP contribution in [0.3, 0.4) is 0 Å². The molecule has 3 heterocycles. The minimum Gasteiger partial charge on any atom is -0.291 e. The summed E-state index contributed by atoms with van der Waals surface area (Å²) in [5.41, 5.74) is 0.786. The van der Waals surface area contributed by atoms with Gasteiger partial charge in [0.05, 0.1) is 23.9 Å². The van der Waals surface area contributed by atoms with Crippen LogP contribution < -0.4 is 10.7 Å². The van der Waals surface area contributed by atoms with Crippen LogP contribution in [0.15, 0.2) is 37.7 Å². The second-order valence-electron chi connectivity index (χ2n) is 6.89. The summed E-state index contributed by atoms with van der Waals surface area (Å²) in [6, 6.07) is 0. The van der Waals surface area contributed by atoms with Gasteiger partial charge in [0, 0.05) is 19.8 Å². The van der Waals surface area contributed by atoms with Crippen molar-refractivity contribution in [3.8, 4) is 0 Å². The van der Waals surface area contributed by atoms with Gasteiger partial charge in [-0.2, -0.15) is 28.4 Å². The lowest BCUT2D eigenvalue weighted by molar-refractivity contribution is -0.141. The quantitative estimate of drug-likeness (QED) is 0.437. The van der Waals surface area contributed by atoms with Crippen LogP contribution >= 0.6 is 0 Å². The van der Waals surface area contributed by atoms with Gasteiger partial charge in [0.2, 0.25) is 5.96 Å². The van der Waals surface area contributed by atoms with E-state index in [4.69, 9.17) is 0 Å². The number of fused-ring (bicyclic) bond motifs is 1. The Labute approximate surface area is 168 Å². The third-order valence-corrected chi connectivity index (χ3v) is 3.88. The number of aliphatic imine (C=N–C) groups is 3. The molecule has 0 aliphatic carbocycles. The first-order chi connectivity index (χ1) is 14.1. The monoisotopic (exact) mass is 426 g/mol. The number of carbonyl (C=O) groups is 1. The van der Waals surface area contributed by atoms with Crippen molar-refractivity contribution < 1.29 is 22.4 Å². The van der Waals surface area contributed by atoms with Crippen molar-refractivity contribution in [3.05, 3.63) is 28.9 Å². The molecule has 0 radical (unpaired) electrons. The van der Waals surface area contributed by atoms with Gasteiger partial charge in [-0.05, 0) is 5.92 Å². The third kappa shape index (κ3) is 4.60. The standard InChI is InChI=1S/C17H18F4N8O/c1-8(2)4-23-16(24-14-12-10(18)5-22-6-11(12)26-27-14)25-15(30)9-7-29(3)28-13(9)17(19,20)21/h6-8H,4-5H2,1-3H3,(H2,23,24,25,27,30). The van der Waals surface area contributed by atoms with Crippen molar-refractivity contribution in [2.24, 2.45) is 33.0 Å². The zero-order valence-electron chi connectivity index (χ0n) is 16.2. The van der Waals surface area contributed by atoms with Crippen LogP contribution in [0.1, 0.15) is 29.9 Å². The molecular formula is C17H18F4N8O. The van der Waals surface area contributed by atoms with Crippen LogP contribution in [-0.2, 0) is 13.2 Å². The van der Waals surface area contributed by atoms with Crippen LogP contribution in [0.2, 0.25) is 0 Å². The first-order valence-corrected chi connectivity index (χ1v) is 8.84. The van der Waals surface area contributed by atoms with E-state index in [1.807, 2.05) is 13.8 Å². The summed E-state index contributed by atoms with van der Waals surface area (Å²) in [5, 5.41) is 9.44. The lowest BCUT2D eigenvalue weighted by Crippen LogP contribution is -2.33. The number of amidine groups is 1. The Morgan fingerprint density at radius 3 is 2.80 bits per heavy atom. The summed E-state index contributed by atoms with van der Waals surface area (Å²) in [7, 11) is 1.27. The number of guanidine groups is 1. The number of carbonyl (C=O) groups excluding carboxylic acids is 1. The fraction of sp³-hybridized carbons (Fsp3) is 0.412. The van der Waals surface area contributed by atoms with Crippen LogP contribution in [0, 0.1) is 5.92 Å². The predicted molar refractivity (Wildman–Crippen MR) is 102 cm³/mol. The zero-order valence-corrected chi connectivity index (χ0v) is 16.2. The van der Waals surface area contributed by atoms with Gasteiger partial charge in [-0.25, -0.2) is 4.39 Å². The van der Waals surface area contributed by atoms with Gasteiger partial charge in [-0.3, -0.25) is 30.2 Å². The van der Waals surface area contributed by atoms with Crippen molar-refractivity contribution in [3.63, 3.8) is 0 Å². The second kappa shape index (κ2) is 8.16. The Morgan fingerprint density at radius 1 is 1.40 bits per heavy atom. The Bertz CT molecular complexity index is 1010. The van der Waals surface area contributed by atoms with Gasteiger partial charge in [0.1, 0.15) is 11.5 Å². The van der Waals surface area contributed by atoms with Crippen molar-refractivity contribution >= 4 is 29.6 Å². The molecule has 0 atom stereocenters. The number of aryl methyl sites for hydroxylation is 1. The summed E-state index contributed by atoms with van der Waals surface area (Å²) in [6.07, 6.45) is -2.51. The van der Waals surface area contributed by atoms with E-state index in [0.29, 0.717) is 0 Å². The largest absolute Gasteiger partial charge is 0.435 e. The molecule has 0 saturated carbocycles. The molecule has 1 aromatic rings. The number of nitrogens with zero attached hydrogens (tertiary/aromatic N) is 6. The molecule has 9 nitrogen and oxygen atoms in total. The Kier molecular flexibility index (Phi) is 5.80. The Balaban J connectivity index is 1.92. The van der Waals surface area contributed by atoms with E-state index < -0.39 is 29.2 Å².